The van der Waals surface area contributed by atoms with Gasteiger partial charge < -0.3 is 14.6 Å². The number of hydrogen-bond donors (Lipinski definition) is 1. The molecule has 0 radical (unpaired) electrons. The van der Waals surface area contributed by atoms with E-state index in [2.05, 4.69) is 15.5 Å². The molecule has 1 atom stereocenters. The van der Waals surface area contributed by atoms with Crippen molar-refractivity contribution in [3.8, 4) is 5.75 Å². The third kappa shape index (κ3) is 5.70. The summed E-state index contributed by atoms with van der Waals surface area (Å²) in [5.74, 6) is 0.475. The minimum atomic E-state index is -0.479. The van der Waals surface area contributed by atoms with E-state index in [-0.39, 0.29) is 16.7 Å². The molecule has 0 bridgehead atoms. The molecule has 1 N–H and O–H groups in total. The molecule has 0 saturated heterocycles. The molecule has 0 saturated carbocycles. The van der Waals surface area contributed by atoms with Crippen molar-refractivity contribution in [3.05, 3.63) is 63.6 Å². The number of nitrogens with zero attached hydrogens (tertiary/aromatic N) is 3. The highest BCUT2D eigenvalue weighted by atomic mass is 35.5. The summed E-state index contributed by atoms with van der Waals surface area (Å²) in [5, 5.41) is 12.6. The van der Waals surface area contributed by atoms with Crippen LogP contribution in [-0.2, 0) is 11.3 Å². The molecule has 1 heterocycles. The van der Waals surface area contributed by atoms with Gasteiger partial charge in [-0.2, -0.15) is 0 Å². The van der Waals surface area contributed by atoms with E-state index in [9.17, 15) is 9.18 Å². The lowest BCUT2D eigenvalue weighted by Crippen LogP contribution is -2.16. The molecule has 1 amide bonds. The molecule has 0 fully saturated rings. The highest BCUT2D eigenvalue weighted by Gasteiger charge is 2.20. The van der Waals surface area contributed by atoms with Gasteiger partial charge in [-0.3, -0.25) is 4.79 Å². The van der Waals surface area contributed by atoms with Gasteiger partial charge >= 0.3 is 0 Å². The first kappa shape index (κ1) is 23.4. The Morgan fingerprint density at radius 1 is 1.26 bits per heavy atom. The Kier molecular flexibility index (Phi) is 7.80. The van der Waals surface area contributed by atoms with Crippen molar-refractivity contribution in [2.24, 2.45) is 0 Å². The summed E-state index contributed by atoms with van der Waals surface area (Å²) in [7, 11) is 0. The fraction of sp³-hybridized carbons (Fsp3) is 0.286. The number of benzene rings is 2. The number of nitrogens with one attached hydrogen (secondary N) is 1. The number of thioether (sulfide) groups is 1. The number of rotatable bonds is 8. The first-order valence-electron chi connectivity index (χ1n) is 9.52. The summed E-state index contributed by atoms with van der Waals surface area (Å²) < 4.78 is 21.0. The van der Waals surface area contributed by atoms with Crippen LogP contribution >= 0.6 is 35.0 Å². The van der Waals surface area contributed by atoms with Gasteiger partial charge in [0.15, 0.2) is 17.1 Å². The van der Waals surface area contributed by atoms with Gasteiger partial charge in [-0.1, -0.05) is 41.0 Å². The zero-order chi connectivity index (χ0) is 22.5. The van der Waals surface area contributed by atoms with Gasteiger partial charge in [0.2, 0.25) is 5.91 Å². The largest absolute Gasteiger partial charge is 0.481 e. The zero-order valence-electron chi connectivity index (χ0n) is 17.2. The lowest BCUT2D eigenvalue weighted by molar-refractivity contribution is -0.113. The van der Waals surface area contributed by atoms with Gasteiger partial charge in [0.05, 0.1) is 10.8 Å². The summed E-state index contributed by atoms with van der Waals surface area (Å²) >= 11 is 13.4. The molecule has 1 unspecified atom stereocenters. The fourth-order valence-electron chi connectivity index (χ4n) is 2.88. The molecule has 1 aromatic heterocycles. The van der Waals surface area contributed by atoms with Crippen molar-refractivity contribution in [2.75, 3.05) is 11.1 Å². The quantitative estimate of drug-likeness (QED) is 0.403. The van der Waals surface area contributed by atoms with Crippen LogP contribution < -0.4 is 10.1 Å². The number of carbonyl (C=O) groups is 1. The van der Waals surface area contributed by atoms with Crippen molar-refractivity contribution in [1.82, 2.24) is 14.8 Å². The van der Waals surface area contributed by atoms with Gasteiger partial charge in [0.25, 0.3) is 0 Å². The van der Waals surface area contributed by atoms with Crippen LogP contribution in [0.5, 0.6) is 5.75 Å². The third-order valence-electron chi connectivity index (χ3n) is 4.50. The molecule has 0 aliphatic rings. The number of anilines is 1. The molecule has 164 valence electrons. The minimum Gasteiger partial charge on any atom is -0.481 e. The molecule has 0 aliphatic carbocycles. The molecule has 0 aliphatic heterocycles. The van der Waals surface area contributed by atoms with Gasteiger partial charge in [-0.05, 0) is 56.7 Å². The second-order valence-corrected chi connectivity index (χ2v) is 8.43. The van der Waals surface area contributed by atoms with Crippen LogP contribution in [0.15, 0.2) is 41.6 Å². The Hall–Kier alpha value is -2.29. The Morgan fingerprint density at radius 2 is 2.03 bits per heavy atom. The van der Waals surface area contributed by atoms with Crippen LogP contribution in [0.3, 0.4) is 0 Å². The molecular weight excluding hydrogens is 462 g/mol. The van der Waals surface area contributed by atoms with E-state index < -0.39 is 11.9 Å². The number of hydrogen-bond acceptors (Lipinski definition) is 5. The predicted octanol–water partition coefficient (Wildman–Crippen LogP) is 5.92. The van der Waals surface area contributed by atoms with Gasteiger partial charge in [0.1, 0.15) is 11.6 Å². The van der Waals surface area contributed by atoms with Crippen molar-refractivity contribution in [3.63, 3.8) is 0 Å². The first-order chi connectivity index (χ1) is 14.8. The summed E-state index contributed by atoms with van der Waals surface area (Å²) in [4.78, 5) is 12.4. The maximum Gasteiger partial charge on any atom is 0.234 e. The molecule has 2 aromatic carbocycles. The number of amides is 1. The lowest BCUT2D eigenvalue weighted by atomic mass is 10.2. The van der Waals surface area contributed by atoms with Crippen LogP contribution in [0, 0.1) is 12.7 Å². The van der Waals surface area contributed by atoms with E-state index in [4.69, 9.17) is 27.9 Å². The Balaban J connectivity index is 1.66. The van der Waals surface area contributed by atoms with Crippen LogP contribution in [0.1, 0.15) is 31.3 Å². The smallest absolute Gasteiger partial charge is 0.234 e. The summed E-state index contributed by atoms with van der Waals surface area (Å²) in [5.41, 5.74) is 1.49. The topological polar surface area (TPSA) is 69.0 Å². The summed E-state index contributed by atoms with van der Waals surface area (Å²) in [6.45, 7) is 6.19. The standard InChI is InChI=1S/C21H21Cl2FN4O2S/c1-4-28-20(13(3)30-18-9-8-14(24)10-16(18)23)26-27-21(28)31-11-19(29)25-17-7-5-6-15(22)12(17)2/h5-10,13H,4,11H2,1-3H3,(H,25,29). The molecule has 3 aromatic rings. The van der Waals surface area contributed by atoms with Crippen LogP contribution in [0.4, 0.5) is 10.1 Å². The van der Waals surface area contributed by atoms with E-state index in [1.165, 1.54) is 30.0 Å². The maximum atomic E-state index is 13.3. The van der Waals surface area contributed by atoms with Gasteiger partial charge in [-0.25, -0.2) is 4.39 Å². The molecule has 3 rings (SSSR count). The van der Waals surface area contributed by atoms with Crippen molar-refractivity contribution < 1.29 is 13.9 Å². The monoisotopic (exact) mass is 482 g/mol. The summed E-state index contributed by atoms with van der Waals surface area (Å²) in [6, 6.07) is 9.30. The SMILES string of the molecule is CCn1c(SCC(=O)Nc2cccc(Cl)c2C)nnc1C(C)Oc1ccc(F)cc1Cl. The van der Waals surface area contributed by atoms with Gasteiger partial charge in [-0.15, -0.1) is 10.2 Å². The van der Waals surface area contributed by atoms with Crippen molar-refractivity contribution in [1.29, 1.82) is 0 Å². The fourth-order valence-corrected chi connectivity index (χ4v) is 4.07. The third-order valence-corrected chi connectivity index (χ3v) is 6.17. The molecule has 10 heteroatoms. The molecule has 31 heavy (non-hydrogen) atoms. The zero-order valence-corrected chi connectivity index (χ0v) is 19.5. The molecule has 6 nitrogen and oxygen atoms in total. The summed E-state index contributed by atoms with van der Waals surface area (Å²) in [6.07, 6.45) is -0.479. The average Bonchev–Trinajstić information content (AvgIpc) is 3.15. The van der Waals surface area contributed by atoms with E-state index in [1.54, 1.807) is 25.1 Å². The normalized spacial score (nSPS) is 11.9. The highest BCUT2D eigenvalue weighted by molar-refractivity contribution is 7.99. The number of carbonyl (C=O) groups excluding carboxylic acids is 1. The number of ether oxygens (including phenoxy) is 1. The van der Waals surface area contributed by atoms with Crippen molar-refractivity contribution in [2.45, 2.75) is 38.6 Å². The van der Waals surface area contributed by atoms with Crippen LogP contribution in [-0.4, -0.2) is 26.4 Å². The van der Waals surface area contributed by atoms with E-state index >= 15 is 0 Å². The lowest BCUT2D eigenvalue weighted by Gasteiger charge is -2.16. The second-order valence-electron chi connectivity index (χ2n) is 6.67. The average molecular weight is 483 g/mol. The van der Waals surface area contributed by atoms with Crippen LogP contribution in [0.25, 0.3) is 0 Å². The Bertz CT molecular complexity index is 1090. The minimum absolute atomic E-state index is 0.156. The Labute approximate surface area is 194 Å². The predicted molar refractivity (Wildman–Crippen MR) is 122 cm³/mol. The number of halogens is 3. The molecular formula is C21H21Cl2FN4O2S. The Morgan fingerprint density at radius 3 is 2.74 bits per heavy atom. The van der Waals surface area contributed by atoms with E-state index in [0.29, 0.717) is 34.0 Å². The second kappa shape index (κ2) is 10.3. The van der Waals surface area contributed by atoms with Crippen LogP contribution in [0.2, 0.25) is 10.0 Å². The van der Waals surface area contributed by atoms with E-state index in [0.717, 1.165) is 5.56 Å². The molecule has 0 spiro atoms. The number of aromatic nitrogens is 3. The first-order valence-corrected chi connectivity index (χ1v) is 11.3. The highest BCUT2D eigenvalue weighted by Crippen LogP contribution is 2.30. The maximum absolute atomic E-state index is 13.3. The van der Waals surface area contributed by atoms with Crippen molar-refractivity contribution >= 4 is 46.6 Å². The van der Waals surface area contributed by atoms with Gasteiger partial charge in [0, 0.05) is 17.3 Å². The van der Waals surface area contributed by atoms with E-state index in [1.807, 2.05) is 18.4 Å².